The van der Waals surface area contributed by atoms with E-state index in [1.165, 1.54) is 0 Å². The summed E-state index contributed by atoms with van der Waals surface area (Å²) in [5.74, 6) is 0.441. The number of hydrogen-bond donors (Lipinski definition) is 1. The highest BCUT2D eigenvalue weighted by Gasteiger charge is 2.12. The molecule has 2 rings (SSSR count). The van der Waals surface area contributed by atoms with Gasteiger partial charge in [-0.25, -0.2) is 9.97 Å². The van der Waals surface area contributed by atoms with Crippen LogP contribution < -0.4 is 0 Å². The first kappa shape index (κ1) is 10.8. The van der Waals surface area contributed by atoms with Crippen LogP contribution in [0.2, 0.25) is 0 Å². The fraction of sp³-hybridized carbons (Fsp3) is 0.231. The predicted octanol–water partition coefficient (Wildman–Crippen LogP) is 2.18. The second kappa shape index (κ2) is 4.41. The smallest absolute Gasteiger partial charge is 0.161 e. The lowest BCUT2D eigenvalue weighted by molar-refractivity contribution is 0.209. The zero-order valence-electron chi connectivity index (χ0n) is 9.38. The lowest BCUT2D eigenvalue weighted by Crippen LogP contribution is -2.05. The van der Waals surface area contributed by atoms with Crippen LogP contribution in [0, 0.1) is 13.8 Å². The second-order valence-corrected chi connectivity index (χ2v) is 3.94. The maximum atomic E-state index is 10.1. The molecule has 1 N–H and O–H groups in total. The number of nitrogens with zero attached hydrogens (tertiary/aromatic N) is 2. The third-order valence-corrected chi connectivity index (χ3v) is 2.40. The topological polar surface area (TPSA) is 46.0 Å². The van der Waals surface area contributed by atoms with Gasteiger partial charge in [-0.3, -0.25) is 0 Å². The van der Waals surface area contributed by atoms with Crippen LogP contribution in [0.3, 0.4) is 0 Å². The molecule has 0 bridgehead atoms. The van der Waals surface area contributed by atoms with Crippen molar-refractivity contribution < 1.29 is 5.11 Å². The Morgan fingerprint density at radius 3 is 2.38 bits per heavy atom. The summed E-state index contributed by atoms with van der Waals surface area (Å²) in [6, 6.07) is 7.73. The molecule has 0 aliphatic rings. The zero-order chi connectivity index (χ0) is 11.5. The maximum Gasteiger partial charge on any atom is 0.161 e. The summed E-state index contributed by atoms with van der Waals surface area (Å²) < 4.78 is 0. The van der Waals surface area contributed by atoms with Crippen LogP contribution in [0.15, 0.2) is 36.7 Å². The highest BCUT2D eigenvalue weighted by molar-refractivity contribution is 5.27. The molecule has 1 atom stereocenters. The molecular formula is C13H14N2O. The van der Waals surface area contributed by atoms with Crippen LogP contribution in [-0.2, 0) is 0 Å². The fourth-order valence-corrected chi connectivity index (χ4v) is 1.53. The minimum Gasteiger partial charge on any atom is -0.380 e. The van der Waals surface area contributed by atoms with Gasteiger partial charge in [-0.1, -0.05) is 29.8 Å². The normalized spacial score (nSPS) is 12.4. The Labute approximate surface area is 94.8 Å². The van der Waals surface area contributed by atoms with Crippen LogP contribution in [0.4, 0.5) is 0 Å². The van der Waals surface area contributed by atoms with Gasteiger partial charge >= 0.3 is 0 Å². The summed E-state index contributed by atoms with van der Waals surface area (Å²) in [6.07, 6.45) is 2.67. The van der Waals surface area contributed by atoms with Crippen molar-refractivity contribution in [2.75, 3.05) is 0 Å². The molecule has 3 heteroatoms. The first-order chi connectivity index (χ1) is 7.66. The van der Waals surface area contributed by atoms with E-state index in [2.05, 4.69) is 9.97 Å². The molecule has 0 aliphatic carbocycles. The van der Waals surface area contributed by atoms with Gasteiger partial charge in [0.25, 0.3) is 0 Å². The van der Waals surface area contributed by atoms with Crippen LogP contribution in [0.5, 0.6) is 0 Å². The average Bonchev–Trinajstić information content (AvgIpc) is 2.29. The van der Waals surface area contributed by atoms with Gasteiger partial charge in [0.2, 0.25) is 0 Å². The molecule has 82 valence electrons. The SMILES string of the molecule is Cc1cnc(C(O)c2cccc(C)c2)nc1. The predicted molar refractivity (Wildman–Crippen MR) is 62.0 cm³/mol. The molecule has 1 aromatic carbocycles. The highest BCUT2D eigenvalue weighted by atomic mass is 16.3. The molecule has 1 unspecified atom stereocenters. The number of benzene rings is 1. The summed E-state index contributed by atoms with van der Waals surface area (Å²) in [7, 11) is 0. The monoisotopic (exact) mass is 214 g/mol. The van der Waals surface area contributed by atoms with Gasteiger partial charge in [0, 0.05) is 12.4 Å². The van der Waals surface area contributed by atoms with E-state index in [1.807, 2.05) is 38.1 Å². The standard InChI is InChI=1S/C13H14N2O/c1-9-4-3-5-11(6-9)12(16)13-14-7-10(2)8-15-13/h3-8,12,16H,1-2H3. The van der Waals surface area contributed by atoms with Crippen molar-refractivity contribution in [3.63, 3.8) is 0 Å². The van der Waals surface area contributed by atoms with Crippen molar-refractivity contribution in [1.29, 1.82) is 0 Å². The van der Waals surface area contributed by atoms with Crippen molar-refractivity contribution in [2.45, 2.75) is 20.0 Å². The Kier molecular flexibility index (Phi) is 2.97. The maximum absolute atomic E-state index is 10.1. The summed E-state index contributed by atoms with van der Waals surface area (Å²) >= 11 is 0. The lowest BCUT2D eigenvalue weighted by atomic mass is 10.1. The molecule has 0 saturated heterocycles. The summed E-state index contributed by atoms with van der Waals surface area (Å²) in [4.78, 5) is 8.25. The van der Waals surface area contributed by atoms with Gasteiger partial charge in [0.15, 0.2) is 5.82 Å². The van der Waals surface area contributed by atoms with Crippen LogP contribution in [0.1, 0.15) is 28.6 Å². The van der Waals surface area contributed by atoms with Crippen molar-refractivity contribution in [3.05, 3.63) is 59.2 Å². The number of aromatic nitrogens is 2. The largest absolute Gasteiger partial charge is 0.380 e. The Balaban J connectivity index is 2.31. The molecule has 3 nitrogen and oxygen atoms in total. The van der Waals surface area contributed by atoms with E-state index in [9.17, 15) is 5.11 Å². The Morgan fingerprint density at radius 2 is 1.75 bits per heavy atom. The average molecular weight is 214 g/mol. The number of aryl methyl sites for hydroxylation is 2. The quantitative estimate of drug-likeness (QED) is 0.833. The van der Waals surface area contributed by atoms with Gasteiger partial charge in [-0.05, 0) is 25.0 Å². The highest BCUT2D eigenvalue weighted by Crippen LogP contribution is 2.19. The van der Waals surface area contributed by atoms with Crippen molar-refractivity contribution in [3.8, 4) is 0 Å². The van der Waals surface area contributed by atoms with E-state index in [4.69, 9.17) is 0 Å². The van der Waals surface area contributed by atoms with Gasteiger partial charge in [0.05, 0.1) is 0 Å². The number of aliphatic hydroxyl groups excluding tert-OH is 1. The molecule has 0 radical (unpaired) electrons. The third kappa shape index (κ3) is 2.25. The van der Waals surface area contributed by atoms with Gasteiger partial charge in [-0.15, -0.1) is 0 Å². The van der Waals surface area contributed by atoms with Crippen LogP contribution >= 0.6 is 0 Å². The van der Waals surface area contributed by atoms with Gasteiger partial charge in [0.1, 0.15) is 6.10 Å². The molecule has 0 amide bonds. The molecular weight excluding hydrogens is 200 g/mol. The third-order valence-electron chi connectivity index (χ3n) is 2.40. The van der Waals surface area contributed by atoms with Crippen LogP contribution in [0.25, 0.3) is 0 Å². The van der Waals surface area contributed by atoms with Crippen molar-refractivity contribution in [1.82, 2.24) is 9.97 Å². The van der Waals surface area contributed by atoms with E-state index in [0.717, 1.165) is 16.7 Å². The second-order valence-electron chi connectivity index (χ2n) is 3.94. The zero-order valence-corrected chi connectivity index (χ0v) is 9.38. The molecule has 0 aliphatic heterocycles. The Morgan fingerprint density at radius 1 is 1.06 bits per heavy atom. The van der Waals surface area contributed by atoms with Gasteiger partial charge < -0.3 is 5.11 Å². The van der Waals surface area contributed by atoms with E-state index < -0.39 is 6.10 Å². The molecule has 0 spiro atoms. The first-order valence-corrected chi connectivity index (χ1v) is 5.20. The first-order valence-electron chi connectivity index (χ1n) is 5.20. The summed E-state index contributed by atoms with van der Waals surface area (Å²) in [6.45, 7) is 3.91. The molecule has 0 saturated carbocycles. The number of aliphatic hydroxyl groups is 1. The number of rotatable bonds is 2. The van der Waals surface area contributed by atoms with E-state index >= 15 is 0 Å². The summed E-state index contributed by atoms with van der Waals surface area (Å²) in [5, 5.41) is 10.1. The van der Waals surface area contributed by atoms with E-state index in [1.54, 1.807) is 12.4 Å². The molecule has 16 heavy (non-hydrogen) atoms. The Hall–Kier alpha value is -1.74. The number of hydrogen-bond acceptors (Lipinski definition) is 3. The van der Waals surface area contributed by atoms with Crippen molar-refractivity contribution in [2.24, 2.45) is 0 Å². The van der Waals surface area contributed by atoms with Crippen LogP contribution in [-0.4, -0.2) is 15.1 Å². The van der Waals surface area contributed by atoms with Crippen molar-refractivity contribution >= 4 is 0 Å². The molecule has 1 aromatic heterocycles. The fourth-order valence-electron chi connectivity index (χ4n) is 1.53. The Bertz CT molecular complexity index is 480. The lowest BCUT2D eigenvalue weighted by Gasteiger charge is -2.10. The minimum atomic E-state index is -0.750. The molecule has 1 heterocycles. The van der Waals surface area contributed by atoms with Gasteiger partial charge in [-0.2, -0.15) is 0 Å². The minimum absolute atomic E-state index is 0.441. The van der Waals surface area contributed by atoms with E-state index in [0.29, 0.717) is 5.82 Å². The summed E-state index contributed by atoms with van der Waals surface area (Å²) in [5.41, 5.74) is 2.92. The molecule has 2 aromatic rings. The van der Waals surface area contributed by atoms with E-state index in [-0.39, 0.29) is 0 Å². The molecule has 0 fully saturated rings.